The lowest BCUT2D eigenvalue weighted by molar-refractivity contribution is -0.126. The van der Waals surface area contributed by atoms with Gasteiger partial charge < -0.3 is 0 Å². The Hall–Kier alpha value is -0.630. The zero-order valence-electron chi connectivity index (χ0n) is 7.29. The Labute approximate surface area is 86.3 Å². The van der Waals surface area contributed by atoms with E-state index >= 15 is 0 Å². The molecular formula is C11H11BrO. The predicted octanol–water partition coefficient (Wildman–Crippen LogP) is 2.97. The van der Waals surface area contributed by atoms with Gasteiger partial charge in [-0.05, 0) is 30.0 Å². The van der Waals surface area contributed by atoms with Gasteiger partial charge in [0.25, 0.3) is 0 Å². The summed E-state index contributed by atoms with van der Waals surface area (Å²) in [4.78, 5) is 10.7. The molecule has 0 N–H and O–H groups in total. The summed E-state index contributed by atoms with van der Waals surface area (Å²) in [5.41, 5.74) is 1.33. The smallest absolute Gasteiger partial charge is 0.133 e. The van der Waals surface area contributed by atoms with Crippen LogP contribution in [0.25, 0.3) is 0 Å². The molecule has 0 saturated heterocycles. The Bertz CT molecular complexity index is 307. The number of carbonyl (C=O) groups is 1. The minimum Gasteiger partial charge on any atom is -0.300 e. The summed E-state index contributed by atoms with van der Waals surface area (Å²) in [7, 11) is 0. The average Bonchev–Trinajstić information content (AvgIpc) is 2.06. The molecule has 1 aromatic rings. The van der Waals surface area contributed by atoms with Gasteiger partial charge in [0.2, 0.25) is 0 Å². The highest BCUT2D eigenvalue weighted by Crippen LogP contribution is 2.27. The van der Waals surface area contributed by atoms with Crippen LogP contribution in [0.4, 0.5) is 0 Å². The minimum absolute atomic E-state index is 0.419. The molecule has 2 heteroatoms. The molecule has 0 spiro atoms. The van der Waals surface area contributed by atoms with E-state index in [1.807, 2.05) is 0 Å². The average molecular weight is 239 g/mol. The van der Waals surface area contributed by atoms with Crippen LogP contribution in [-0.2, 0) is 11.2 Å². The molecule has 0 radical (unpaired) electrons. The van der Waals surface area contributed by atoms with Crippen LogP contribution in [0.15, 0.2) is 28.7 Å². The summed E-state index contributed by atoms with van der Waals surface area (Å²) in [5, 5.41) is 0. The van der Waals surface area contributed by atoms with Gasteiger partial charge in [0, 0.05) is 17.3 Å². The van der Waals surface area contributed by atoms with Crippen molar-refractivity contribution in [2.75, 3.05) is 0 Å². The topological polar surface area (TPSA) is 17.1 Å². The summed E-state index contributed by atoms with van der Waals surface area (Å²) >= 11 is 3.40. The van der Waals surface area contributed by atoms with Gasteiger partial charge in [-0.25, -0.2) is 0 Å². The van der Waals surface area contributed by atoms with E-state index in [1.165, 1.54) is 5.56 Å². The lowest BCUT2D eigenvalue weighted by atomic mass is 9.80. The van der Waals surface area contributed by atoms with Crippen molar-refractivity contribution in [3.8, 4) is 0 Å². The molecule has 1 saturated carbocycles. The van der Waals surface area contributed by atoms with Crippen molar-refractivity contribution in [2.24, 2.45) is 5.92 Å². The van der Waals surface area contributed by atoms with E-state index < -0.39 is 0 Å². The maximum absolute atomic E-state index is 10.7. The number of benzene rings is 1. The second kappa shape index (κ2) is 3.62. The number of halogens is 1. The molecule has 0 aromatic heterocycles. The van der Waals surface area contributed by atoms with Crippen LogP contribution in [0.5, 0.6) is 0 Å². The molecule has 0 amide bonds. The van der Waals surface area contributed by atoms with E-state index in [9.17, 15) is 4.79 Å². The van der Waals surface area contributed by atoms with Gasteiger partial charge in [0.05, 0.1) is 0 Å². The largest absolute Gasteiger partial charge is 0.300 e. The molecule has 1 fully saturated rings. The SMILES string of the molecule is O=C1CC(Cc2ccc(Br)cc2)C1. The Balaban J connectivity index is 1.95. The van der Waals surface area contributed by atoms with Crippen molar-refractivity contribution < 1.29 is 4.79 Å². The molecule has 2 rings (SSSR count). The lowest BCUT2D eigenvalue weighted by Gasteiger charge is -2.23. The van der Waals surface area contributed by atoms with Crippen LogP contribution in [0.1, 0.15) is 18.4 Å². The third-order valence-electron chi connectivity index (χ3n) is 2.47. The van der Waals surface area contributed by atoms with Gasteiger partial charge in [0.15, 0.2) is 0 Å². The van der Waals surface area contributed by atoms with Crippen molar-refractivity contribution >= 4 is 21.7 Å². The van der Waals surface area contributed by atoms with Crippen LogP contribution in [-0.4, -0.2) is 5.78 Å². The third-order valence-corrected chi connectivity index (χ3v) is 3.00. The fourth-order valence-electron chi connectivity index (χ4n) is 1.68. The number of Topliss-reactive ketones (excluding diaryl/α,β-unsaturated/α-hetero) is 1. The van der Waals surface area contributed by atoms with Crippen LogP contribution < -0.4 is 0 Å². The second-order valence-electron chi connectivity index (χ2n) is 3.64. The van der Waals surface area contributed by atoms with Crippen molar-refractivity contribution in [2.45, 2.75) is 19.3 Å². The molecule has 1 aliphatic carbocycles. The molecule has 68 valence electrons. The second-order valence-corrected chi connectivity index (χ2v) is 4.56. The Morgan fingerprint density at radius 3 is 2.38 bits per heavy atom. The monoisotopic (exact) mass is 238 g/mol. The first-order valence-electron chi connectivity index (χ1n) is 4.50. The summed E-state index contributed by atoms with van der Waals surface area (Å²) in [6, 6.07) is 8.34. The van der Waals surface area contributed by atoms with Crippen LogP contribution in [0.2, 0.25) is 0 Å². The Kier molecular flexibility index (Phi) is 2.49. The van der Waals surface area contributed by atoms with E-state index in [0.717, 1.165) is 23.7 Å². The minimum atomic E-state index is 0.419. The van der Waals surface area contributed by atoms with Gasteiger partial charge in [-0.2, -0.15) is 0 Å². The number of hydrogen-bond acceptors (Lipinski definition) is 1. The van der Waals surface area contributed by atoms with Crippen molar-refractivity contribution in [3.63, 3.8) is 0 Å². The summed E-state index contributed by atoms with van der Waals surface area (Å²) in [6.45, 7) is 0. The van der Waals surface area contributed by atoms with E-state index in [-0.39, 0.29) is 0 Å². The first-order chi connectivity index (χ1) is 6.24. The molecule has 0 heterocycles. The molecule has 0 atom stereocenters. The Morgan fingerprint density at radius 1 is 1.23 bits per heavy atom. The molecular weight excluding hydrogens is 228 g/mol. The van der Waals surface area contributed by atoms with Crippen LogP contribution in [0.3, 0.4) is 0 Å². The molecule has 0 bridgehead atoms. The van der Waals surface area contributed by atoms with E-state index in [0.29, 0.717) is 11.7 Å². The molecule has 0 unspecified atom stereocenters. The van der Waals surface area contributed by atoms with Crippen LogP contribution >= 0.6 is 15.9 Å². The Morgan fingerprint density at radius 2 is 1.85 bits per heavy atom. The third kappa shape index (κ3) is 2.19. The zero-order valence-corrected chi connectivity index (χ0v) is 8.88. The highest BCUT2D eigenvalue weighted by atomic mass is 79.9. The molecule has 1 aliphatic rings. The molecule has 1 nitrogen and oxygen atoms in total. The van der Waals surface area contributed by atoms with Gasteiger partial charge in [0.1, 0.15) is 5.78 Å². The summed E-state index contributed by atoms with van der Waals surface area (Å²) in [5.74, 6) is 1.02. The van der Waals surface area contributed by atoms with Crippen molar-refractivity contribution in [1.29, 1.82) is 0 Å². The van der Waals surface area contributed by atoms with Gasteiger partial charge in [-0.1, -0.05) is 28.1 Å². The number of carbonyl (C=O) groups excluding carboxylic acids is 1. The van der Waals surface area contributed by atoms with E-state index in [4.69, 9.17) is 0 Å². The quantitative estimate of drug-likeness (QED) is 0.775. The normalized spacial score (nSPS) is 17.2. The molecule has 1 aromatic carbocycles. The summed E-state index contributed by atoms with van der Waals surface area (Å²) < 4.78 is 1.11. The van der Waals surface area contributed by atoms with Gasteiger partial charge >= 0.3 is 0 Å². The first kappa shape index (κ1) is 8.95. The van der Waals surface area contributed by atoms with Crippen molar-refractivity contribution in [3.05, 3.63) is 34.3 Å². The molecule has 0 aliphatic heterocycles. The van der Waals surface area contributed by atoms with Crippen molar-refractivity contribution in [1.82, 2.24) is 0 Å². The van der Waals surface area contributed by atoms with E-state index in [1.54, 1.807) is 0 Å². The van der Waals surface area contributed by atoms with Gasteiger partial charge in [-0.3, -0.25) is 4.79 Å². The van der Waals surface area contributed by atoms with Gasteiger partial charge in [-0.15, -0.1) is 0 Å². The number of rotatable bonds is 2. The number of hydrogen-bond donors (Lipinski definition) is 0. The summed E-state index contributed by atoms with van der Waals surface area (Å²) in [6.07, 6.45) is 2.63. The zero-order chi connectivity index (χ0) is 9.26. The lowest BCUT2D eigenvalue weighted by Crippen LogP contribution is -2.24. The first-order valence-corrected chi connectivity index (χ1v) is 5.29. The maximum Gasteiger partial charge on any atom is 0.133 e. The van der Waals surface area contributed by atoms with E-state index in [2.05, 4.69) is 40.2 Å². The predicted molar refractivity (Wildman–Crippen MR) is 55.6 cm³/mol. The fourth-order valence-corrected chi connectivity index (χ4v) is 1.95. The molecule has 13 heavy (non-hydrogen) atoms. The standard InChI is InChI=1S/C11H11BrO/c12-10-3-1-8(2-4-10)5-9-6-11(13)7-9/h1-4,9H,5-7H2. The fraction of sp³-hybridized carbons (Fsp3) is 0.364. The number of ketones is 1. The van der Waals surface area contributed by atoms with Crippen LogP contribution in [0, 0.1) is 5.92 Å². The highest BCUT2D eigenvalue weighted by Gasteiger charge is 2.26. The maximum atomic E-state index is 10.7. The highest BCUT2D eigenvalue weighted by molar-refractivity contribution is 9.10.